The average Bonchev–Trinajstić information content (AvgIpc) is 2.71. The smallest absolute Gasteiger partial charge is 0.178 e. The number of anilines is 1. The van der Waals surface area contributed by atoms with Crippen LogP contribution in [-0.2, 0) is 4.74 Å². The number of hydrogen-bond acceptors (Lipinski definition) is 4. The lowest BCUT2D eigenvalue weighted by molar-refractivity contribution is 0.0990. The van der Waals surface area contributed by atoms with Gasteiger partial charge in [-0.1, -0.05) is 11.6 Å². The quantitative estimate of drug-likeness (QED) is 0.714. The third kappa shape index (κ3) is 2.06. The number of halogens is 2. The van der Waals surface area contributed by atoms with E-state index < -0.39 is 0 Å². The van der Waals surface area contributed by atoms with Gasteiger partial charge in [0.05, 0.1) is 25.1 Å². The summed E-state index contributed by atoms with van der Waals surface area (Å²) in [6, 6.07) is 2.19. The van der Waals surface area contributed by atoms with Gasteiger partial charge in [0.1, 0.15) is 3.70 Å². The first-order chi connectivity index (χ1) is 8.66. The highest BCUT2D eigenvalue weighted by molar-refractivity contribution is 14.1. The van der Waals surface area contributed by atoms with Gasteiger partial charge in [-0.3, -0.25) is 0 Å². The Labute approximate surface area is 123 Å². The van der Waals surface area contributed by atoms with E-state index in [0.29, 0.717) is 11.2 Å². The van der Waals surface area contributed by atoms with E-state index in [1.807, 2.05) is 6.07 Å². The van der Waals surface area contributed by atoms with Gasteiger partial charge >= 0.3 is 0 Å². The van der Waals surface area contributed by atoms with E-state index in [1.54, 1.807) is 10.7 Å². The zero-order valence-corrected chi connectivity index (χ0v) is 12.7. The zero-order chi connectivity index (χ0) is 12.7. The molecule has 0 aromatic carbocycles. The van der Waals surface area contributed by atoms with Crippen LogP contribution in [-0.4, -0.2) is 40.4 Å². The Morgan fingerprint density at radius 3 is 3.17 bits per heavy atom. The van der Waals surface area contributed by atoms with Crippen molar-refractivity contribution in [3.8, 4) is 0 Å². The summed E-state index contributed by atoms with van der Waals surface area (Å²) >= 11 is 8.30. The summed E-state index contributed by atoms with van der Waals surface area (Å²) in [7, 11) is 0. The third-order valence-corrected chi connectivity index (χ3v) is 3.97. The van der Waals surface area contributed by atoms with Crippen molar-refractivity contribution in [2.24, 2.45) is 0 Å². The summed E-state index contributed by atoms with van der Waals surface area (Å²) in [5.41, 5.74) is 1.87. The maximum atomic E-state index is 6.10. The SMILES string of the molecule is C[C@@H]1COCCN1c1cc(Cl)nn2c(I)cnc12. The normalized spacial score (nSPS) is 20.6. The number of hydrogen-bond donors (Lipinski definition) is 0. The second-order valence-electron chi connectivity index (χ2n) is 4.29. The van der Waals surface area contributed by atoms with Crippen LogP contribution in [0.1, 0.15) is 6.92 Å². The Balaban J connectivity index is 2.15. The fourth-order valence-corrected chi connectivity index (χ4v) is 2.85. The molecule has 1 atom stereocenters. The summed E-state index contributed by atoms with van der Waals surface area (Å²) in [4.78, 5) is 6.69. The number of aromatic nitrogens is 3. The minimum Gasteiger partial charge on any atom is -0.377 e. The number of imidazole rings is 1. The molecule has 0 amide bonds. The van der Waals surface area contributed by atoms with Crippen molar-refractivity contribution >= 4 is 45.5 Å². The summed E-state index contributed by atoms with van der Waals surface area (Å²) in [6.45, 7) is 4.44. The van der Waals surface area contributed by atoms with E-state index in [2.05, 4.69) is 44.5 Å². The lowest BCUT2D eigenvalue weighted by Gasteiger charge is -2.35. The maximum absolute atomic E-state index is 6.10. The molecule has 1 aliphatic heterocycles. The fraction of sp³-hybridized carbons (Fsp3) is 0.455. The molecule has 0 bridgehead atoms. The van der Waals surface area contributed by atoms with Crippen LogP contribution >= 0.6 is 34.2 Å². The molecular formula is C11H12ClIN4O. The van der Waals surface area contributed by atoms with Gasteiger partial charge in [0, 0.05) is 18.7 Å². The molecule has 3 rings (SSSR count). The summed E-state index contributed by atoms with van der Waals surface area (Å²) in [5, 5.41) is 4.75. The minimum absolute atomic E-state index is 0.315. The Morgan fingerprint density at radius 2 is 2.39 bits per heavy atom. The van der Waals surface area contributed by atoms with Crippen LogP contribution in [0.15, 0.2) is 12.3 Å². The molecule has 1 saturated heterocycles. The average molecular weight is 379 g/mol. The minimum atomic E-state index is 0.315. The molecule has 7 heteroatoms. The predicted octanol–water partition coefficient (Wildman–Crippen LogP) is 2.21. The Kier molecular flexibility index (Phi) is 3.33. The van der Waals surface area contributed by atoms with Gasteiger partial charge in [-0.15, -0.1) is 0 Å². The van der Waals surface area contributed by atoms with Crippen molar-refractivity contribution in [3.05, 3.63) is 21.1 Å². The van der Waals surface area contributed by atoms with Crippen LogP contribution in [0.25, 0.3) is 5.65 Å². The molecule has 5 nitrogen and oxygen atoms in total. The van der Waals surface area contributed by atoms with Crippen molar-refractivity contribution in [1.82, 2.24) is 14.6 Å². The maximum Gasteiger partial charge on any atom is 0.178 e. The predicted molar refractivity (Wildman–Crippen MR) is 78.3 cm³/mol. The first-order valence-electron chi connectivity index (χ1n) is 5.71. The number of morpholine rings is 1. The molecule has 1 fully saturated rings. The van der Waals surface area contributed by atoms with Crippen molar-refractivity contribution in [2.75, 3.05) is 24.7 Å². The lowest BCUT2D eigenvalue weighted by atomic mass is 10.2. The van der Waals surface area contributed by atoms with Crippen LogP contribution in [0.3, 0.4) is 0 Å². The van der Waals surface area contributed by atoms with E-state index in [4.69, 9.17) is 16.3 Å². The van der Waals surface area contributed by atoms with Crippen molar-refractivity contribution in [1.29, 1.82) is 0 Å². The standard InChI is InChI=1S/C11H12ClIN4O/c1-7-6-18-3-2-16(7)8-4-9(12)15-17-10(13)5-14-11(8)17/h4-5,7H,2-3,6H2,1H3/t7-/m1/s1. The highest BCUT2D eigenvalue weighted by Crippen LogP contribution is 2.27. The molecule has 0 aliphatic carbocycles. The van der Waals surface area contributed by atoms with E-state index in [1.165, 1.54) is 0 Å². The van der Waals surface area contributed by atoms with E-state index >= 15 is 0 Å². The van der Waals surface area contributed by atoms with E-state index in [9.17, 15) is 0 Å². The van der Waals surface area contributed by atoms with Gasteiger partial charge in [0.2, 0.25) is 0 Å². The van der Waals surface area contributed by atoms with Gasteiger partial charge in [0.25, 0.3) is 0 Å². The van der Waals surface area contributed by atoms with Gasteiger partial charge in [-0.05, 0) is 29.5 Å². The molecular weight excluding hydrogens is 367 g/mol. The topological polar surface area (TPSA) is 42.7 Å². The monoisotopic (exact) mass is 378 g/mol. The molecule has 18 heavy (non-hydrogen) atoms. The molecule has 1 aliphatic rings. The molecule has 0 unspecified atom stereocenters. The summed E-state index contributed by atoms with van der Waals surface area (Å²) < 4.78 is 8.19. The Bertz CT molecular complexity index is 588. The highest BCUT2D eigenvalue weighted by atomic mass is 127. The van der Waals surface area contributed by atoms with Crippen molar-refractivity contribution in [2.45, 2.75) is 13.0 Å². The van der Waals surface area contributed by atoms with Crippen LogP contribution in [0.5, 0.6) is 0 Å². The first kappa shape index (κ1) is 12.4. The van der Waals surface area contributed by atoms with Gasteiger partial charge < -0.3 is 9.64 Å². The van der Waals surface area contributed by atoms with Crippen LogP contribution in [0, 0.1) is 3.70 Å². The Hall–Kier alpha value is -0.600. The number of ether oxygens (including phenoxy) is 1. The molecule has 0 saturated carbocycles. The van der Waals surface area contributed by atoms with Crippen LogP contribution in [0.2, 0.25) is 5.15 Å². The van der Waals surface area contributed by atoms with Crippen molar-refractivity contribution < 1.29 is 4.74 Å². The van der Waals surface area contributed by atoms with Crippen LogP contribution in [0.4, 0.5) is 5.69 Å². The largest absolute Gasteiger partial charge is 0.377 e. The second-order valence-corrected chi connectivity index (χ2v) is 5.78. The van der Waals surface area contributed by atoms with Gasteiger partial charge in [0.15, 0.2) is 10.8 Å². The molecule has 3 heterocycles. The number of fused-ring (bicyclic) bond motifs is 1. The van der Waals surface area contributed by atoms with E-state index in [-0.39, 0.29) is 0 Å². The summed E-state index contributed by atoms with van der Waals surface area (Å²) in [5.74, 6) is 0. The summed E-state index contributed by atoms with van der Waals surface area (Å²) in [6.07, 6.45) is 1.80. The zero-order valence-electron chi connectivity index (χ0n) is 9.81. The second kappa shape index (κ2) is 4.82. The third-order valence-electron chi connectivity index (χ3n) is 3.05. The molecule has 2 aromatic heterocycles. The molecule has 96 valence electrons. The van der Waals surface area contributed by atoms with Gasteiger partial charge in [-0.25, -0.2) is 9.50 Å². The number of nitrogens with zero attached hydrogens (tertiary/aromatic N) is 4. The first-order valence-corrected chi connectivity index (χ1v) is 7.16. The Morgan fingerprint density at radius 1 is 1.56 bits per heavy atom. The van der Waals surface area contributed by atoms with Crippen molar-refractivity contribution in [3.63, 3.8) is 0 Å². The van der Waals surface area contributed by atoms with Gasteiger partial charge in [-0.2, -0.15) is 5.10 Å². The molecule has 0 radical (unpaired) electrons. The highest BCUT2D eigenvalue weighted by Gasteiger charge is 2.23. The fourth-order valence-electron chi connectivity index (χ4n) is 2.19. The lowest BCUT2D eigenvalue weighted by Crippen LogP contribution is -2.44. The number of rotatable bonds is 1. The molecule has 0 spiro atoms. The van der Waals surface area contributed by atoms with Crippen LogP contribution < -0.4 is 4.90 Å². The van der Waals surface area contributed by atoms with E-state index in [0.717, 1.165) is 34.8 Å². The molecule has 2 aromatic rings. The molecule has 0 N–H and O–H groups in total.